The van der Waals surface area contributed by atoms with Crippen molar-refractivity contribution in [2.75, 3.05) is 6.54 Å². The summed E-state index contributed by atoms with van der Waals surface area (Å²) in [7, 11) is 0. The highest BCUT2D eigenvalue weighted by molar-refractivity contribution is 5.10. The summed E-state index contributed by atoms with van der Waals surface area (Å²) >= 11 is 0. The molecule has 1 N–H and O–H groups in total. The zero-order valence-electron chi connectivity index (χ0n) is 12.5. The van der Waals surface area contributed by atoms with Crippen LogP contribution in [0.3, 0.4) is 0 Å². The molecule has 0 amide bonds. The molecule has 1 fully saturated rings. The summed E-state index contributed by atoms with van der Waals surface area (Å²) < 4.78 is 2.38. The Morgan fingerprint density at radius 3 is 2.61 bits per heavy atom. The third-order valence-corrected chi connectivity index (χ3v) is 3.70. The Labute approximate surface area is 111 Å². The third-order valence-electron chi connectivity index (χ3n) is 3.70. The van der Waals surface area contributed by atoms with Gasteiger partial charge in [-0.2, -0.15) is 0 Å². The van der Waals surface area contributed by atoms with Gasteiger partial charge in [0.15, 0.2) is 0 Å². The molecule has 1 aromatic rings. The van der Waals surface area contributed by atoms with Crippen LogP contribution in [0.15, 0.2) is 12.5 Å². The van der Waals surface area contributed by atoms with Crippen molar-refractivity contribution in [1.82, 2.24) is 14.9 Å². The zero-order chi connectivity index (χ0) is 13.4. The Kier molecular flexibility index (Phi) is 3.54. The van der Waals surface area contributed by atoms with Crippen molar-refractivity contribution in [1.29, 1.82) is 0 Å². The first-order valence-electron chi connectivity index (χ1n) is 7.06. The van der Waals surface area contributed by atoms with Crippen LogP contribution < -0.4 is 5.32 Å². The first kappa shape index (κ1) is 13.6. The second kappa shape index (κ2) is 4.69. The highest BCUT2D eigenvalue weighted by Crippen LogP contribution is 2.35. The summed E-state index contributed by atoms with van der Waals surface area (Å²) in [4.78, 5) is 4.39. The molecule has 0 spiro atoms. The Balaban J connectivity index is 2.24. The van der Waals surface area contributed by atoms with Crippen LogP contribution in [0.25, 0.3) is 0 Å². The van der Waals surface area contributed by atoms with Gasteiger partial charge in [0, 0.05) is 17.8 Å². The molecule has 0 aromatic carbocycles. The molecule has 0 saturated carbocycles. The first-order valence-corrected chi connectivity index (χ1v) is 7.06. The third kappa shape index (κ3) is 2.94. The van der Waals surface area contributed by atoms with Crippen molar-refractivity contribution < 1.29 is 0 Å². The zero-order valence-corrected chi connectivity index (χ0v) is 12.5. The maximum absolute atomic E-state index is 4.39. The molecular formula is C15H27N3. The Bertz CT molecular complexity index is 392. The standard InChI is InChI=1S/C15H27N3/c1-14(2,3)10-15(4,5)18-11-16-9-13(18)12-7-6-8-17-12/h9,11-12,17H,6-8,10H2,1-5H3. The second-order valence-corrected chi connectivity index (χ2v) is 7.39. The van der Waals surface area contributed by atoms with Gasteiger partial charge < -0.3 is 9.88 Å². The quantitative estimate of drug-likeness (QED) is 0.889. The van der Waals surface area contributed by atoms with E-state index in [1.54, 1.807) is 0 Å². The Morgan fingerprint density at radius 2 is 2.06 bits per heavy atom. The lowest BCUT2D eigenvalue weighted by molar-refractivity contribution is 0.208. The van der Waals surface area contributed by atoms with E-state index in [4.69, 9.17) is 0 Å². The number of hydrogen-bond acceptors (Lipinski definition) is 2. The van der Waals surface area contributed by atoms with Crippen molar-refractivity contribution in [3.63, 3.8) is 0 Å². The number of nitrogens with zero attached hydrogens (tertiary/aromatic N) is 2. The van der Waals surface area contributed by atoms with Crippen LogP contribution in [0, 0.1) is 5.41 Å². The van der Waals surface area contributed by atoms with Gasteiger partial charge in [0.05, 0.1) is 12.0 Å². The minimum absolute atomic E-state index is 0.119. The predicted octanol–water partition coefficient (Wildman–Crippen LogP) is 3.48. The summed E-state index contributed by atoms with van der Waals surface area (Å²) in [5, 5.41) is 3.57. The molecule has 102 valence electrons. The van der Waals surface area contributed by atoms with E-state index >= 15 is 0 Å². The second-order valence-electron chi connectivity index (χ2n) is 7.39. The summed E-state index contributed by atoms with van der Waals surface area (Å²) in [6, 6.07) is 0.492. The van der Waals surface area contributed by atoms with Crippen LogP contribution in [0.1, 0.15) is 65.6 Å². The Hall–Kier alpha value is -0.830. The van der Waals surface area contributed by atoms with E-state index in [9.17, 15) is 0 Å². The van der Waals surface area contributed by atoms with Crippen molar-refractivity contribution in [2.45, 2.75) is 65.5 Å². The normalized spacial score (nSPS) is 21.5. The van der Waals surface area contributed by atoms with E-state index in [0.29, 0.717) is 11.5 Å². The summed E-state index contributed by atoms with van der Waals surface area (Å²) in [5.74, 6) is 0. The van der Waals surface area contributed by atoms with Gasteiger partial charge in [-0.3, -0.25) is 0 Å². The van der Waals surface area contributed by atoms with Gasteiger partial charge in [0.25, 0.3) is 0 Å². The van der Waals surface area contributed by atoms with Gasteiger partial charge >= 0.3 is 0 Å². The van der Waals surface area contributed by atoms with Crippen LogP contribution in [0.5, 0.6) is 0 Å². The monoisotopic (exact) mass is 249 g/mol. The van der Waals surface area contributed by atoms with E-state index < -0.39 is 0 Å². The van der Waals surface area contributed by atoms with Gasteiger partial charge in [-0.1, -0.05) is 20.8 Å². The fourth-order valence-electron chi connectivity index (χ4n) is 3.39. The van der Waals surface area contributed by atoms with E-state index in [0.717, 1.165) is 13.0 Å². The lowest BCUT2D eigenvalue weighted by Crippen LogP contribution is -2.33. The fraction of sp³-hybridized carbons (Fsp3) is 0.800. The Morgan fingerprint density at radius 1 is 1.33 bits per heavy atom. The summed E-state index contributed by atoms with van der Waals surface area (Å²) in [6.07, 6.45) is 7.69. The van der Waals surface area contributed by atoms with Crippen LogP contribution >= 0.6 is 0 Å². The number of hydrogen-bond donors (Lipinski definition) is 1. The predicted molar refractivity (Wildman–Crippen MR) is 75.6 cm³/mol. The van der Waals surface area contributed by atoms with Crippen LogP contribution in [-0.4, -0.2) is 16.1 Å². The van der Waals surface area contributed by atoms with Crippen LogP contribution in [0.2, 0.25) is 0 Å². The largest absolute Gasteiger partial charge is 0.327 e. The highest BCUT2D eigenvalue weighted by atomic mass is 15.1. The van der Waals surface area contributed by atoms with E-state index in [-0.39, 0.29) is 5.54 Å². The number of imidazole rings is 1. The molecular weight excluding hydrogens is 222 g/mol. The van der Waals surface area contributed by atoms with Crippen molar-refractivity contribution >= 4 is 0 Å². The molecule has 1 saturated heterocycles. The van der Waals surface area contributed by atoms with Crippen LogP contribution in [-0.2, 0) is 5.54 Å². The molecule has 2 heterocycles. The maximum Gasteiger partial charge on any atom is 0.0953 e. The minimum Gasteiger partial charge on any atom is -0.327 e. The lowest BCUT2D eigenvalue weighted by atomic mass is 9.81. The minimum atomic E-state index is 0.119. The fourth-order valence-corrected chi connectivity index (χ4v) is 3.39. The SMILES string of the molecule is CC(C)(C)CC(C)(C)n1cncc1C1CCCN1. The molecule has 2 rings (SSSR count). The smallest absolute Gasteiger partial charge is 0.0953 e. The van der Waals surface area contributed by atoms with Crippen molar-refractivity contribution in [3.05, 3.63) is 18.2 Å². The molecule has 1 aliphatic heterocycles. The highest BCUT2D eigenvalue weighted by Gasteiger charge is 2.31. The average molecular weight is 249 g/mol. The first-order chi connectivity index (χ1) is 8.30. The van der Waals surface area contributed by atoms with E-state index in [2.05, 4.69) is 49.5 Å². The molecule has 0 radical (unpaired) electrons. The number of nitrogens with one attached hydrogen (secondary N) is 1. The molecule has 1 unspecified atom stereocenters. The van der Waals surface area contributed by atoms with Gasteiger partial charge in [-0.25, -0.2) is 4.98 Å². The van der Waals surface area contributed by atoms with E-state index in [1.807, 2.05) is 12.5 Å². The molecule has 18 heavy (non-hydrogen) atoms. The molecule has 3 heteroatoms. The molecule has 3 nitrogen and oxygen atoms in total. The van der Waals surface area contributed by atoms with Gasteiger partial charge in [-0.05, 0) is 45.1 Å². The van der Waals surface area contributed by atoms with Gasteiger partial charge in [0.1, 0.15) is 0 Å². The van der Waals surface area contributed by atoms with E-state index in [1.165, 1.54) is 18.5 Å². The van der Waals surface area contributed by atoms with Crippen molar-refractivity contribution in [2.24, 2.45) is 5.41 Å². The number of aromatic nitrogens is 2. The average Bonchev–Trinajstić information content (AvgIpc) is 2.85. The maximum atomic E-state index is 4.39. The topological polar surface area (TPSA) is 29.9 Å². The molecule has 0 bridgehead atoms. The van der Waals surface area contributed by atoms with Gasteiger partial charge in [0.2, 0.25) is 0 Å². The van der Waals surface area contributed by atoms with Crippen molar-refractivity contribution in [3.8, 4) is 0 Å². The molecule has 1 aliphatic rings. The van der Waals surface area contributed by atoms with Crippen LogP contribution in [0.4, 0.5) is 0 Å². The number of rotatable bonds is 3. The molecule has 1 atom stereocenters. The summed E-state index contributed by atoms with van der Waals surface area (Å²) in [5.41, 5.74) is 1.80. The summed E-state index contributed by atoms with van der Waals surface area (Å²) in [6.45, 7) is 12.7. The van der Waals surface area contributed by atoms with Gasteiger partial charge in [-0.15, -0.1) is 0 Å². The molecule has 1 aromatic heterocycles. The lowest BCUT2D eigenvalue weighted by Gasteiger charge is -2.35. The molecule has 0 aliphatic carbocycles.